The summed E-state index contributed by atoms with van der Waals surface area (Å²) in [5, 5.41) is 3.27. The molecule has 22 heavy (non-hydrogen) atoms. The van der Waals surface area contributed by atoms with Crippen molar-refractivity contribution in [1.29, 1.82) is 0 Å². The molecule has 0 radical (unpaired) electrons. The van der Waals surface area contributed by atoms with Crippen molar-refractivity contribution >= 4 is 18.3 Å². The van der Waals surface area contributed by atoms with Gasteiger partial charge in [-0.15, -0.1) is 12.4 Å². The minimum Gasteiger partial charge on any atom is -0.352 e. The third-order valence-corrected chi connectivity index (χ3v) is 6.32. The predicted molar refractivity (Wildman–Crippen MR) is 92.0 cm³/mol. The van der Waals surface area contributed by atoms with Gasteiger partial charge in [-0.05, 0) is 68.9 Å². The summed E-state index contributed by atoms with van der Waals surface area (Å²) in [6.07, 6.45) is 6.66. The van der Waals surface area contributed by atoms with Crippen LogP contribution in [-0.4, -0.2) is 43.0 Å². The van der Waals surface area contributed by atoms with Crippen molar-refractivity contribution < 1.29 is 4.79 Å². The van der Waals surface area contributed by atoms with Gasteiger partial charge in [0.1, 0.15) is 0 Å². The van der Waals surface area contributed by atoms with Crippen molar-refractivity contribution in [2.24, 2.45) is 28.9 Å². The fourth-order valence-electron chi connectivity index (χ4n) is 4.94. The molecule has 1 amide bonds. The molecule has 3 N–H and O–H groups in total. The molecule has 0 aromatic heterocycles. The van der Waals surface area contributed by atoms with Crippen molar-refractivity contribution in [2.45, 2.75) is 52.0 Å². The summed E-state index contributed by atoms with van der Waals surface area (Å²) in [6, 6.07) is 0.344. The first kappa shape index (κ1) is 18.0. The minimum absolute atomic E-state index is 0. The molecule has 5 heteroatoms. The molecule has 3 aliphatic rings. The predicted octanol–water partition coefficient (Wildman–Crippen LogP) is 2.02. The van der Waals surface area contributed by atoms with E-state index in [1.807, 2.05) is 0 Å². The third-order valence-electron chi connectivity index (χ3n) is 6.32. The van der Waals surface area contributed by atoms with Gasteiger partial charge >= 0.3 is 0 Å². The summed E-state index contributed by atoms with van der Waals surface area (Å²) < 4.78 is 0. The second kappa shape index (κ2) is 7.06. The average Bonchev–Trinajstić information content (AvgIpc) is 3.14. The van der Waals surface area contributed by atoms with Crippen LogP contribution in [0.3, 0.4) is 0 Å². The Morgan fingerprint density at radius 3 is 2.73 bits per heavy atom. The Hall–Kier alpha value is -0.320. The molecule has 1 aliphatic heterocycles. The second-order valence-electron chi connectivity index (χ2n) is 8.17. The van der Waals surface area contributed by atoms with Crippen LogP contribution in [0.5, 0.6) is 0 Å². The number of amides is 1. The number of rotatable bonds is 5. The molecule has 1 heterocycles. The smallest absolute Gasteiger partial charge is 0.234 e. The Bertz CT molecular complexity index is 405. The van der Waals surface area contributed by atoms with E-state index < -0.39 is 0 Å². The van der Waals surface area contributed by atoms with E-state index in [2.05, 4.69) is 24.1 Å². The van der Waals surface area contributed by atoms with Crippen LogP contribution >= 0.6 is 12.4 Å². The van der Waals surface area contributed by atoms with Crippen LogP contribution in [0.4, 0.5) is 0 Å². The highest BCUT2D eigenvalue weighted by molar-refractivity contribution is 5.85. The van der Waals surface area contributed by atoms with E-state index in [9.17, 15) is 4.79 Å². The van der Waals surface area contributed by atoms with Crippen LogP contribution in [0.25, 0.3) is 0 Å². The lowest BCUT2D eigenvalue weighted by Gasteiger charge is -2.29. The highest BCUT2D eigenvalue weighted by atomic mass is 35.5. The Labute approximate surface area is 141 Å². The minimum atomic E-state index is 0. The summed E-state index contributed by atoms with van der Waals surface area (Å²) >= 11 is 0. The molecule has 3 fully saturated rings. The normalized spacial score (nSPS) is 38.8. The van der Waals surface area contributed by atoms with Crippen LogP contribution in [-0.2, 0) is 4.79 Å². The molecule has 2 bridgehead atoms. The number of nitrogens with zero attached hydrogens (tertiary/aromatic N) is 1. The summed E-state index contributed by atoms with van der Waals surface area (Å²) in [5.41, 5.74) is 6.04. The van der Waals surface area contributed by atoms with Gasteiger partial charge < -0.3 is 11.1 Å². The molecule has 0 aromatic rings. The zero-order valence-corrected chi connectivity index (χ0v) is 14.8. The largest absolute Gasteiger partial charge is 0.352 e. The molecule has 1 saturated heterocycles. The van der Waals surface area contributed by atoms with E-state index in [0.717, 1.165) is 37.3 Å². The number of halogens is 1. The van der Waals surface area contributed by atoms with Crippen LogP contribution in [0, 0.1) is 23.2 Å². The van der Waals surface area contributed by atoms with Gasteiger partial charge in [-0.25, -0.2) is 0 Å². The molecule has 2 aliphatic carbocycles. The van der Waals surface area contributed by atoms with Crippen LogP contribution in [0.1, 0.15) is 46.0 Å². The van der Waals surface area contributed by atoms with Crippen molar-refractivity contribution in [3.63, 3.8) is 0 Å². The Kier molecular flexibility index (Phi) is 5.79. The first-order valence-corrected chi connectivity index (χ1v) is 8.71. The van der Waals surface area contributed by atoms with Gasteiger partial charge in [0.15, 0.2) is 0 Å². The first-order valence-electron chi connectivity index (χ1n) is 8.71. The fraction of sp³-hybridized carbons (Fsp3) is 0.941. The number of carbonyl (C=O) groups is 1. The summed E-state index contributed by atoms with van der Waals surface area (Å²) in [6.45, 7) is 7.65. The molecule has 0 aromatic carbocycles. The Morgan fingerprint density at radius 2 is 2.18 bits per heavy atom. The van der Waals surface area contributed by atoms with E-state index in [1.165, 1.54) is 25.7 Å². The first-order chi connectivity index (χ1) is 9.99. The van der Waals surface area contributed by atoms with Gasteiger partial charge in [0.2, 0.25) is 5.91 Å². The monoisotopic (exact) mass is 329 g/mol. The summed E-state index contributed by atoms with van der Waals surface area (Å²) in [4.78, 5) is 14.5. The van der Waals surface area contributed by atoms with Crippen molar-refractivity contribution in [1.82, 2.24) is 10.2 Å². The molecule has 2 saturated carbocycles. The molecular formula is C17H32ClN3O. The van der Waals surface area contributed by atoms with Crippen LogP contribution in [0.15, 0.2) is 0 Å². The zero-order chi connectivity index (χ0) is 15.0. The van der Waals surface area contributed by atoms with E-state index in [1.54, 1.807) is 0 Å². The number of nitrogens with two attached hydrogens (primary N) is 1. The Balaban J connectivity index is 0.00000176. The van der Waals surface area contributed by atoms with E-state index in [0.29, 0.717) is 19.1 Å². The van der Waals surface area contributed by atoms with E-state index in [-0.39, 0.29) is 23.7 Å². The highest BCUT2D eigenvalue weighted by Crippen LogP contribution is 2.49. The number of carbonyl (C=O) groups excluding carboxylic acids is 1. The maximum Gasteiger partial charge on any atom is 0.234 e. The molecule has 4 nitrogen and oxygen atoms in total. The molecule has 5 atom stereocenters. The van der Waals surface area contributed by atoms with Gasteiger partial charge in [0.25, 0.3) is 0 Å². The maximum absolute atomic E-state index is 12.3. The van der Waals surface area contributed by atoms with Crippen molar-refractivity contribution in [2.75, 3.05) is 26.2 Å². The van der Waals surface area contributed by atoms with Gasteiger partial charge in [-0.1, -0.05) is 13.3 Å². The lowest BCUT2D eigenvalue weighted by Crippen LogP contribution is -2.45. The molecular weight excluding hydrogens is 298 g/mol. The van der Waals surface area contributed by atoms with E-state index >= 15 is 0 Å². The Morgan fingerprint density at radius 1 is 1.41 bits per heavy atom. The van der Waals surface area contributed by atoms with Gasteiger partial charge in [-0.3, -0.25) is 9.69 Å². The van der Waals surface area contributed by atoms with Gasteiger partial charge in [-0.2, -0.15) is 0 Å². The highest BCUT2D eigenvalue weighted by Gasteiger charge is 2.42. The third kappa shape index (κ3) is 3.77. The van der Waals surface area contributed by atoms with Crippen molar-refractivity contribution in [3.05, 3.63) is 0 Å². The molecule has 0 spiro atoms. The van der Waals surface area contributed by atoms with Crippen LogP contribution < -0.4 is 11.1 Å². The zero-order valence-electron chi connectivity index (χ0n) is 14.0. The number of hydrogen-bond acceptors (Lipinski definition) is 3. The molecule has 5 unspecified atom stereocenters. The van der Waals surface area contributed by atoms with Crippen molar-refractivity contribution in [3.8, 4) is 0 Å². The number of fused-ring (bicyclic) bond motifs is 2. The quantitative estimate of drug-likeness (QED) is 0.811. The second-order valence-corrected chi connectivity index (χ2v) is 8.17. The number of hydrogen-bond donors (Lipinski definition) is 2. The van der Waals surface area contributed by atoms with Gasteiger partial charge in [0.05, 0.1) is 6.54 Å². The number of nitrogens with one attached hydrogen (secondary N) is 1. The summed E-state index contributed by atoms with van der Waals surface area (Å²) in [7, 11) is 0. The average molecular weight is 330 g/mol. The maximum atomic E-state index is 12.3. The fourth-order valence-corrected chi connectivity index (χ4v) is 4.94. The van der Waals surface area contributed by atoms with E-state index in [4.69, 9.17) is 5.73 Å². The molecule has 128 valence electrons. The lowest BCUT2D eigenvalue weighted by molar-refractivity contribution is -0.123. The molecule has 3 rings (SSSR count). The topological polar surface area (TPSA) is 58.4 Å². The summed E-state index contributed by atoms with van der Waals surface area (Å²) in [5.74, 6) is 2.74. The van der Waals surface area contributed by atoms with Crippen LogP contribution in [0.2, 0.25) is 0 Å². The number of likely N-dealkylation sites (tertiary alicyclic amines) is 1. The van der Waals surface area contributed by atoms with Gasteiger partial charge in [0, 0.05) is 12.6 Å². The lowest BCUT2D eigenvalue weighted by atomic mass is 9.84. The standard InChI is InChI=1S/C17H31N3O.ClH/c1-12(15-8-13-3-4-14(15)7-13)19-16(21)9-20-6-5-17(2,10-18)11-20;/h12-15H,3-11,18H2,1-2H3,(H,19,21);1H. The SMILES string of the molecule is CC(NC(=O)CN1CCC(C)(CN)C1)C1CC2CCC1C2.Cl.